The largest absolute Gasteiger partial charge is 0.370 e. The van der Waals surface area contributed by atoms with Crippen LogP contribution in [0.25, 0.3) is 11.3 Å². The maximum Gasteiger partial charge on any atom is 0.217 e. The van der Waals surface area contributed by atoms with Gasteiger partial charge in [0.25, 0.3) is 0 Å². The van der Waals surface area contributed by atoms with E-state index in [2.05, 4.69) is 15.4 Å². The molecule has 1 saturated heterocycles. The van der Waals surface area contributed by atoms with Gasteiger partial charge in [-0.05, 0) is 25.7 Å². The zero-order valence-corrected chi connectivity index (χ0v) is 18.5. The van der Waals surface area contributed by atoms with Gasteiger partial charge in [0.05, 0.1) is 6.54 Å². The highest BCUT2D eigenvalue weighted by Gasteiger charge is 2.23. The number of nitrogens with one attached hydrogen (secondary N) is 1. The average Bonchev–Trinajstić information content (AvgIpc) is 3.14. The predicted octanol–water partition coefficient (Wildman–Crippen LogP) is 3.01. The Morgan fingerprint density at radius 2 is 2.18 bits per heavy atom. The molecular formula is C20H28IN5O2. The lowest BCUT2D eigenvalue weighted by Crippen LogP contribution is -2.47. The van der Waals surface area contributed by atoms with Crippen LogP contribution in [0.5, 0.6) is 0 Å². The molecule has 8 heteroatoms. The summed E-state index contributed by atoms with van der Waals surface area (Å²) in [5, 5.41) is 7.47. The number of nitrogens with two attached hydrogens (primary N) is 1. The van der Waals surface area contributed by atoms with E-state index in [0.29, 0.717) is 13.0 Å². The number of primary amides is 1. The number of amides is 1. The van der Waals surface area contributed by atoms with Crippen LogP contribution in [0.2, 0.25) is 0 Å². The van der Waals surface area contributed by atoms with Gasteiger partial charge >= 0.3 is 0 Å². The van der Waals surface area contributed by atoms with E-state index in [4.69, 9.17) is 15.2 Å². The van der Waals surface area contributed by atoms with Crippen molar-refractivity contribution in [3.05, 3.63) is 42.1 Å². The van der Waals surface area contributed by atoms with Gasteiger partial charge in [-0.15, -0.1) is 24.0 Å². The first-order chi connectivity index (χ1) is 13.2. The van der Waals surface area contributed by atoms with Crippen molar-refractivity contribution in [1.82, 2.24) is 15.4 Å². The summed E-state index contributed by atoms with van der Waals surface area (Å²) in [5.41, 5.74) is 7.15. The lowest BCUT2D eigenvalue weighted by molar-refractivity contribution is -0.119. The number of carbonyl (C=O) groups excluding carboxylic acids is 1. The quantitative estimate of drug-likeness (QED) is 0.364. The van der Waals surface area contributed by atoms with Crippen molar-refractivity contribution < 1.29 is 9.32 Å². The van der Waals surface area contributed by atoms with Crippen LogP contribution in [0.3, 0.4) is 0 Å². The second-order valence-electron chi connectivity index (χ2n) is 6.84. The van der Waals surface area contributed by atoms with E-state index in [-0.39, 0.29) is 35.8 Å². The zero-order valence-electron chi connectivity index (χ0n) is 16.1. The van der Waals surface area contributed by atoms with E-state index < -0.39 is 0 Å². The summed E-state index contributed by atoms with van der Waals surface area (Å²) in [7, 11) is 0. The van der Waals surface area contributed by atoms with Gasteiger partial charge in [0, 0.05) is 37.7 Å². The van der Waals surface area contributed by atoms with Crippen molar-refractivity contribution in [3.8, 4) is 11.3 Å². The predicted molar refractivity (Wildman–Crippen MR) is 120 cm³/mol. The van der Waals surface area contributed by atoms with Crippen LogP contribution in [-0.2, 0) is 11.3 Å². The van der Waals surface area contributed by atoms with Gasteiger partial charge in [-0.1, -0.05) is 35.5 Å². The Morgan fingerprint density at radius 3 is 2.89 bits per heavy atom. The average molecular weight is 497 g/mol. The molecule has 28 heavy (non-hydrogen) atoms. The number of guanidine groups is 1. The standard InChI is InChI=1S/C20H27N5O2.HI/c1-2-22-20(25-10-6-7-15(14-25)11-19(21)26)23-13-17-12-18(27-24-17)16-8-4-3-5-9-16;/h3-5,8-9,12,15H,2,6-7,10-11,13-14H2,1H3,(H2,21,26)(H,22,23);1H. The highest BCUT2D eigenvalue weighted by molar-refractivity contribution is 14.0. The Labute approximate surface area is 182 Å². The van der Waals surface area contributed by atoms with Crippen LogP contribution in [0.4, 0.5) is 0 Å². The molecule has 1 aliphatic rings. The SMILES string of the molecule is CCNC(=NCc1cc(-c2ccccc2)on1)N1CCCC(CC(N)=O)C1.I. The van der Waals surface area contributed by atoms with Crippen LogP contribution in [0, 0.1) is 5.92 Å². The molecule has 2 heterocycles. The normalized spacial score (nSPS) is 17.1. The first kappa shape index (κ1) is 22.2. The fourth-order valence-electron chi connectivity index (χ4n) is 3.42. The molecule has 1 atom stereocenters. The lowest BCUT2D eigenvalue weighted by atomic mass is 9.95. The maximum atomic E-state index is 11.2. The second kappa shape index (κ2) is 11.0. The van der Waals surface area contributed by atoms with Gasteiger partial charge in [-0.2, -0.15) is 0 Å². The van der Waals surface area contributed by atoms with Crippen LogP contribution in [0.15, 0.2) is 45.9 Å². The number of benzene rings is 1. The van der Waals surface area contributed by atoms with Crippen LogP contribution >= 0.6 is 24.0 Å². The summed E-state index contributed by atoms with van der Waals surface area (Å²) in [5.74, 6) is 1.64. The molecule has 152 valence electrons. The van der Waals surface area contributed by atoms with Crippen molar-refractivity contribution in [1.29, 1.82) is 0 Å². The lowest BCUT2D eigenvalue weighted by Gasteiger charge is -2.34. The number of piperidine rings is 1. The summed E-state index contributed by atoms with van der Waals surface area (Å²) >= 11 is 0. The molecule has 1 unspecified atom stereocenters. The van der Waals surface area contributed by atoms with E-state index in [0.717, 1.165) is 55.5 Å². The summed E-state index contributed by atoms with van der Waals surface area (Å²) in [6.45, 7) is 4.99. The van der Waals surface area contributed by atoms with Crippen LogP contribution in [0.1, 0.15) is 31.9 Å². The van der Waals surface area contributed by atoms with E-state index in [1.165, 1.54) is 0 Å². The maximum absolute atomic E-state index is 11.2. The Morgan fingerprint density at radius 1 is 1.39 bits per heavy atom. The number of aromatic nitrogens is 1. The molecule has 7 nitrogen and oxygen atoms in total. The number of halogens is 1. The Balaban J connectivity index is 0.00000280. The highest BCUT2D eigenvalue weighted by Crippen LogP contribution is 2.21. The van der Waals surface area contributed by atoms with Crippen molar-refractivity contribution in [3.63, 3.8) is 0 Å². The van der Waals surface area contributed by atoms with Crippen molar-refractivity contribution in [2.45, 2.75) is 32.7 Å². The first-order valence-corrected chi connectivity index (χ1v) is 9.48. The summed E-state index contributed by atoms with van der Waals surface area (Å²) < 4.78 is 5.44. The summed E-state index contributed by atoms with van der Waals surface area (Å²) in [6, 6.07) is 11.8. The number of hydrogen-bond acceptors (Lipinski definition) is 4. The van der Waals surface area contributed by atoms with E-state index in [1.807, 2.05) is 43.3 Å². The van der Waals surface area contributed by atoms with E-state index in [9.17, 15) is 4.79 Å². The number of nitrogens with zero attached hydrogens (tertiary/aromatic N) is 3. The molecule has 1 aliphatic heterocycles. The number of carbonyl (C=O) groups is 1. The van der Waals surface area contributed by atoms with Gasteiger partial charge in [-0.25, -0.2) is 4.99 Å². The van der Waals surface area contributed by atoms with Crippen molar-refractivity contribution in [2.24, 2.45) is 16.6 Å². The number of rotatable bonds is 6. The van der Waals surface area contributed by atoms with Gasteiger partial charge in [-0.3, -0.25) is 4.79 Å². The third-order valence-electron chi connectivity index (χ3n) is 4.65. The summed E-state index contributed by atoms with van der Waals surface area (Å²) in [6.07, 6.45) is 2.49. The molecule has 0 bridgehead atoms. The number of likely N-dealkylation sites (tertiary alicyclic amines) is 1. The van der Waals surface area contributed by atoms with Gasteiger partial charge in [0.2, 0.25) is 5.91 Å². The van der Waals surface area contributed by atoms with Crippen molar-refractivity contribution >= 4 is 35.8 Å². The number of hydrogen-bond donors (Lipinski definition) is 2. The molecule has 1 amide bonds. The first-order valence-electron chi connectivity index (χ1n) is 9.48. The van der Waals surface area contributed by atoms with E-state index >= 15 is 0 Å². The fraction of sp³-hybridized carbons (Fsp3) is 0.450. The van der Waals surface area contributed by atoms with Crippen molar-refractivity contribution in [2.75, 3.05) is 19.6 Å². The molecule has 3 rings (SSSR count). The molecule has 0 aliphatic carbocycles. The molecule has 0 spiro atoms. The highest BCUT2D eigenvalue weighted by atomic mass is 127. The Bertz CT molecular complexity index is 778. The molecule has 1 aromatic heterocycles. The molecule has 0 radical (unpaired) electrons. The molecule has 3 N–H and O–H groups in total. The fourth-order valence-corrected chi connectivity index (χ4v) is 3.42. The third kappa shape index (κ3) is 6.22. The number of aliphatic imine (C=N–C) groups is 1. The minimum Gasteiger partial charge on any atom is -0.370 e. The molecule has 1 fully saturated rings. The third-order valence-corrected chi connectivity index (χ3v) is 4.65. The zero-order chi connectivity index (χ0) is 19.1. The van der Waals surface area contributed by atoms with E-state index in [1.54, 1.807) is 0 Å². The molecule has 1 aromatic carbocycles. The summed E-state index contributed by atoms with van der Waals surface area (Å²) in [4.78, 5) is 18.2. The van der Waals surface area contributed by atoms with Gasteiger partial charge < -0.3 is 20.5 Å². The molecule has 0 saturated carbocycles. The Kier molecular flexibility index (Phi) is 8.75. The smallest absolute Gasteiger partial charge is 0.217 e. The minimum absolute atomic E-state index is 0. The minimum atomic E-state index is -0.236. The molecule has 2 aromatic rings. The monoisotopic (exact) mass is 497 g/mol. The topological polar surface area (TPSA) is 96.8 Å². The van der Waals surface area contributed by atoms with Gasteiger partial charge in [0.15, 0.2) is 11.7 Å². The van der Waals surface area contributed by atoms with Gasteiger partial charge in [0.1, 0.15) is 5.69 Å². The second-order valence-corrected chi connectivity index (χ2v) is 6.84. The van der Waals surface area contributed by atoms with Crippen LogP contribution < -0.4 is 11.1 Å². The van der Waals surface area contributed by atoms with Crippen LogP contribution in [-0.4, -0.2) is 41.6 Å². The Hall–Kier alpha value is -2.10. The molecular weight excluding hydrogens is 469 g/mol.